The molecule has 1 aliphatic rings. The molecule has 3 nitrogen and oxygen atoms in total. The van der Waals surface area contributed by atoms with Crippen LogP contribution in [0.5, 0.6) is 0 Å². The first-order valence-electron chi connectivity index (χ1n) is 4.40. The Hall–Kier alpha value is -1.35. The van der Waals surface area contributed by atoms with Gasteiger partial charge in [0.05, 0.1) is 0 Å². The number of aromatic nitrogens is 1. The number of aryl methyl sites for hydroxylation is 2. The van der Waals surface area contributed by atoms with Crippen molar-refractivity contribution < 1.29 is 0 Å². The Kier molecular flexibility index (Phi) is 2.02. The third kappa shape index (κ3) is 1.70. The van der Waals surface area contributed by atoms with Gasteiger partial charge in [0.2, 0.25) is 0 Å². The van der Waals surface area contributed by atoms with Crippen LogP contribution in [0.3, 0.4) is 0 Å². The van der Waals surface area contributed by atoms with E-state index in [1.54, 1.807) is 0 Å². The average Bonchev–Trinajstić information content (AvgIpc) is 2.53. The van der Waals surface area contributed by atoms with E-state index >= 15 is 0 Å². The zero-order valence-corrected chi connectivity index (χ0v) is 7.91. The minimum Gasteiger partial charge on any atom is -0.267 e. The molecule has 3 heteroatoms. The fourth-order valence-electron chi connectivity index (χ4n) is 1.46. The molecule has 0 saturated heterocycles. The quantitative estimate of drug-likeness (QED) is 0.701. The van der Waals surface area contributed by atoms with Gasteiger partial charge in [-0.1, -0.05) is 6.08 Å². The van der Waals surface area contributed by atoms with Crippen molar-refractivity contribution in [2.45, 2.75) is 13.8 Å². The molecule has 0 aromatic carbocycles. The molecule has 0 aliphatic carbocycles. The van der Waals surface area contributed by atoms with Gasteiger partial charge in [0.1, 0.15) is 5.82 Å². The monoisotopic (exact) mass is 175 g/mol. The van der Waals surface area contributed by atoms with Gasteiger partial charge in [-0.15, -0.1) is 0 Å². The van der Waals surface area contributed by atoms with Crippen LogP contribution in [0.1, 0.15) is 11.3 Å². The molecular weight excluding hydrogens is 162 g/mol. The second-order valence-electron chi connectivity index (χ2n) is 3.26. The van der Waals surface area contributed by atoms with Crippen LogP contribution in [0.15, 0.2) is 24.4 Å². The highest BCUT2D eigenvalue weighted by atomic mass is 15.5. The van der Waals surface area contributed by atoms with Crippen molar-refractivity contribution in [1.82, 2.24) is 10.4 Å². The summed E-state index contributed by atoms with van der Waals surface area (Å²) in [7, 11) is 0. The predicted octanol–water partition coefficient (Wildman–Crippen LogP) is 1.54. The third-order valence-electron chi connectivity index (χ3n) is 1.97. The number of hydrogen-bond donors (Lipinski definition) is 1. The Morgan fingerprint density at radius 1 is 1.38 bits per heavy atom. The van der Waals surface area contributed by atoms with Gasteiger partial charge in [-0.25, -0.2) is 10.4 Å². The van der Waals surface area contributed by atoms with Gasteiger partial charge in [-0.2, -0.15) is 0 Å². The average molecular weight is 175 g/mol. The maximum atomic E-state index is 4.43. The molecule has 1 aromatic heterocycles. The van der Waals surface area contributed by atoms with Gasteiger partial charge >= 0.3 is 0 Å². The van der Waals surface area contributed by atoms with Crippen molar-refractivity contribution in [1.29, 1.82) is 0 Å². The largest absolute Gasteiger partial charge is 0.267 e. The molecule has 0 amide bonds. The first-order valence-corrected chi connectivity index (χ1v) is 4.40. The SMILES string of the molecule is Cc1cc(C)nc(N2C=CCN2)c1. The lowest BCUT2D eigenvalue weighted by Gasteiger charge is -2.15. The second kappa shape index (κ2) is 3.18. The van der Waals surface area contributed by atoms with Crippen molar-refractivity contribution in [2.75, 3.05) is 11.6 Å². The minimum absolute atomic E-state index is 0.884. The normalized spacial score (nSPS) is 15.4. The molecule has 2 heterocycles. The van der Waals surface area contributed by atoms with E-state index in [1.165, 1.54) is 5.56 Å². The number of pyridine rings is 1. The fourth-order valence-corrected chi connectivity index (χ4v) is 1.46. The minimum atomic E-state index is 0.884. The van der Waals surface area contributed by atoms with Crippen molar-refractivity contribution >= 4 is 5.82 Å². The highest BCUT2D eigenvalue weighted by Crippen LogP contribution is 2.14. The maximum Gasteiger partial charge on any atom is 0.147 e. The zero-order valence-electron chi connectivity index (χ0n) is 7.91. The lowest BCUT2D eigenvalue weighted by molar-refractivity contribution is 0.797. The Morgan fingerprint density at radius 3 is 2.85 bits per heavy atom. The summed E-state index contributed by atoms with van der Waals surface area (Å²) in [5, 5.41) is 1.94. The van der Waals surface area contributed by atoms with Crippen LogP contribution in [-0.2, 0) is 0 Å². The van der Waals surface area contributed by atoms with Gasteiger partial charge in [-0.05, 0) is 31.5 Å². The van der Waals surface area contributed by atoms with Crippen LogP contribution in [0.25, 0.3) is 0 Å². The smallest absolute Gasteiger partial charge is 0.147 e. The number of anilines is 1. The van der Waals surface area contributed by atoms with Crippen LogP contribution >= 0.6 is 0 Å². The summed E-state index contributed by atoms with van der Waals surface area (Å²) in [4.78, 5) is 4.43. The molecule has 0 saturated carbocycles. The highest BCUT2D eigenvalue weighted by molar-refractivity contribution is 5.45. The van der Waals surface area contributed by atoms with Gasteiger partial charge in [0.15, 0.2) is 0 Å². The molecule has 0 atom stereocenters. The summed E-state index contributed by atoms with van der Waals surface area (Å²) < 4.78 is 0. The van der Waals surface area contributed by atoms with Crippen molar-refractivity contribution in [2.24, 2.45) is 0 Å². The summed E-state index contributed by atoms with van der Waals surface area (Å²) in [6, 6.07) is 4.14. The highest BCUT2D eigenvalue weighted by Gasteiger charge is 2.07. The molecule has 0 spiro atoms. The summed E-state index contributed by atoms with van der Waals surface area (Å²) >= 11 is 0. The number of rotatable bonds is 1. The molecule has 0 unspecified atom stereocenters. The van der Waals surface area contributed by atoms with E-state index in [9.17, 15) is 0 Å². The summed E-state index contributed by atoms with van der Waals surface area (Å²) in [5.74, 6) is 0.964. The predicted molar refractivity (Wildman–Crippen MR) is 53.3 cm³/mol. The molecular formula is C10H13N3. The number of hydrogen-bond acceptors (Lipinski definition) is 3. The lowest BCUT2D eigenvalue weighted by Crippen LogP contribution is -2.29. The fraction of sp³-hybridized carbons (Fsp3) is 0.300. The standard InChI is InChI=1S/C10H13N3/c1-8-6-9(2)12-10(7-8)13-5-3-4-11-13/h3,5-7,11H,4H2,1-2H3. The van der Waals surface area contributed by atoms with Gasteiger partial charge in [-0.3, -0.25) is 5.01 Å². The third-order valence-corrected chi connectivity index (χ3v) is 1.97. The topological polar surface area (TPSA) is 28.2 Å². The number of nitrogens with one attached hydrogen (secondary N) is 1. The van der Waals surface area contributed by atoms with E-state index in [4.69, 9.17) is 0 Å². The van der Waals surface area contributed by atoms with Crippen LogP contribution in [0, 0.1) is 13.8 Å². The molecule has 0 bridgehead atoms. The molecule has 0 fully saturated rings. The first kappa shape index (κ1) is 8.26. The van der Waals surface area contributed by atoms with Crippen LogP contribution in [0.4, 0.5) is 5.82 Å². The van der Waals surface area contributed by atoms with Gasteiger partial charge in [0.25, 0.3) is 0 Å². The second-order valence-corrected chi connectivity index (χ2v) is 3.26. The van der Waals surface area contributed by atoms with Crippen molar-refractivity contribution in [3.05, 3.63) is 35.7 Å². The Morgan fingerprint density at radius 2 is 2.23 bits per heavy atom. The summed E-state index contributed by atoms with van der Waals surface area (Å²) in [6.45, 7) is 4.98. The van der Waals surface area contributed by atoms with Crippen LogP contribution < -0.4 is 10.4 Å². The van der Waals surface area contributed by atoms with E-state index in [0.29, 0.717) is 0 Å². The number of nitrogens with zero attached hydrogens (tertiary/aromatic N) is 2. The van der Waals surface area contributed by atoms with Gasteiger partial charge < -0.3 is 0 Å². The van der Waals surface area contributed by atoms with E-state index in [-0.39, 0.29) is 0 Å². The van der Waals surface area contributed by atoms with Crippen LogP contribution in [0.2, 0.25) is 0 Å². The first-order chi connectivity index (χ1) is 6.25. The van der Waals surface area contributed by atoms with Crippen molar-refractivity contribution in [3.63, 3.8) is 0 Å². The number of hydrazine groups is 1. The molecule has 68 valence electrons. The summed E-state index contributed by atoms with van der Waals surface area (Å²) in [6.07, 6.45) is 4.07. The summed E-state index contributed by atoms with van der Waals surface area (Å²) in [5.41, 5.74) is 5.48. The Bertz CT molecular complexity index is 324. The maximum absolute atomic E-state index is 4.43. The zero-order chi connectivity index (χ0) is 9.26. The van der Waals surface area contributed by atoms with Gasteiger partial charge in [0, 0.05) is 18.4 Å². The Balaban J connectivity index is 2.34. The van der Waals surface area contributed by atoms with Crippen molar-refractivity contribution in [3.8, 4) is 0 Å². The molecule has 2 rings (SSSR count). The molecule has 13 heavy (non-hydrogen) atoms. The van der Waals surface area contributed by atoms with E-state index < -0.39 is 0 Å². The van der Waals surface area contributed by atoms with E-state index in [2.05, 4.69) is 35.5 Å². The lowest BCUT2D eigenvalue weighted by atomic mass is 10.2. The molecule has 1 aliphatic heterocycles. The Labute approximate surface area is 78.1 Å². The molecule has 0 radical (unpaired) electrons. The molecule has 1 aromatic rings. The molecule has 1 N–H and O–H groups in total. The van der Waals surface area contributed by atoms with Crippen LogP contribution in [-0.4, -0.2) is 11.5 Å². The van der Waals surface area contributed by atoms with E-state index in [0.717, 1.165) is 18.1 Å². The van der Waals surface area contributed by atoms with E-state index in [1.807, 2.05) is 18.1 Å².